The summed E-state index contributed by atoms with van der Waals surface area (Å²) in [6.45, 7) is 2.56. The quantitative estimate of drug-likeness (QED) is 0.402. The predicted octanol–water partition coefficient (Wildman–Crippen LogP) is 3.23. The Kier molecular flexibility index (Phi) is 4.49. The highest BCUT2D eigenvalue weighted by atomic mass is 32.2. The van der Waals surface area contributed by atoms with Crippen LogP contribution in [0.25, 0.3) is 22.4 Å². The van der Waals surface area contributed by atoms with Gasteiger partial charge in [-0.25, -0.2) is 9.66 Å². The number of rotatable bonds is 6. The smallest absolute Gasteiger partial charge is 0.210 e. The van der Waals surface area contributed by atoms with Gasteiger partial charge in [0.25, 0.3) is 0 Å². The van der Waals surface area contributed by atoms with E-state index in [1.807, 2.05) is 55.5 Å². The maximum atomic E-state index is 6.20. The molecule has 0 saturated carbocycles. The molecule has 8 heteroatoms. The van der Waals surface area contributed by atoms with E-state index in [0.717, 1.165) is 28.2 Å². The van der Waals surface area contributed by atoms with Gasteiger partial charge in [0.1, 0.15) is 11.6 Å². The van der Waals surface area contributed by atoms with Gasteiger partial charge in [-0.15, -0.1) is 10.2 Å². The Morgan fingerprint density at radius 1 is 1.15 bits per heavy atom. The molecule has 3 N–H and O–H groups in total. The normalized spacial score (nSPS) is 11.1. The van der Waals surface area contributed by atoms with E-state index in [0.29, 0.717) is 23.3 Å². The highest BCUT2D eigenvalue weighted by Gasteiger charge is 2.14. The number of nitrogens with one attached hydrogen (secondary N) is 1. The molecule has 2 aromatic carbocycles. The number of aromatic nitrogens is 5. The van der Waals surface area contributed by atoms with Crippen molar-refractivity contribution < 1.29 is 4.74 Å². The fourth-order valence-corrected chi connectivity index (χ4v) is 3.40. The Bertz CT molecular complexity index is 1010. The molecule has 0 aliphatic heterocycles. The van der Waals surface area contributed by atoms with Crippen molar-refractivity contribution in [3.05, 3.63) is 54.4 Å². The maximum Gasteiger partial charge on any atom is 0.210 e. The molecule has 0 aliphatic rings. The first kappa shape index (κ1) is 16.5. The maximum absolute atomic E-state index is 6.20. The zero-order valence-electron chi connectivity index (χ0n) is 14.2. The van der Waals surface area contributed by atoms with Gasteiger partial charge >= 0.3 is 0 Å². The van der Waals surface area contributed by atoms with Gasteiger partial charge in [0.05, 0.1) is 23.4 Å². The van der Waals surface area contributed by atoms with Crippen molar-refractivity contribution in [3.63, 3.8) is 0 Å². The minimum absolute atomic E-state index is 0.596. The second-order valence-corrected chi connectivity index (χ2v) is 6.57. The number of hydrogen-bond acceptors (Lipinski definition) is 6. The highest BCUT2D eigenvalue weighted by molar-refractivity contribution is 7.98. The summed E-state index contributed by atoms with van der Waals surface area (Å²) in [7, 11) is 0. The predicted molar refractivity (Wildman–Crippen MR) is 102 cm³/mol. The summed E-state index contributed by atoms with van der Waals surface area (Å²) in [4.78, 5) is 7.86. The first-order valence-corrected chi connectivity index (χ1v) is 9.23. The summed E-state index contributed by atoms with van der Waals surface area (Å²) in [6, 6.07) is 15.6. The molecule has 0 atom stereocenters. The third kappa shape index (κ3) is 3.23. The van der Waals surface area contributed by atoms with Crippen molar-refractivity contribution in [2.45, 2.75) is 17.8 Å². The zero-order valence-corrected chi connectivity index (χ0v) is 15.0. The molecule has 2 aromatic heterocycles. The van der Waals surface area contributed by atoms with E-state index < -0.39 is 0 Å². The van der Waals surface area contributed by atoms with Crippen LogP contribution in [-0.2, 0) is 5.75 Å². The number of hydrogen-bond donors (Lipinski definition) is 2. The molecule has 7 nitrogen and oxygen atoms in total. The molecule has 0 spiro atoms. The Hall–Kier alpha value is -3.00. The van der Waals surface area contributed by atoms with Gasteiger partial charge in [0, 0.05) is 5.56 Å². The number of fused-ring (bicyclic) bond motifs is 1. The SMILES string of the molecule is CCOc1cccc(-c2nnc(SCc3nc4ccccc4[nH]3)n2N)c1. The largest absolute Gasteiger partial charge is 0.494 e. The van der Waals surface area contributed by atoms with Crippen LogP contribution in [0.2, 0.25) is 0 Å². The topological polar surface area (TPSA) is 94.6 Å². The molecular formula is C18H18N6OS. The Labute approximate surface area is 154 Å². The van der Waals surface area contributed by atoms with Gasteiger partial charge in [-0.05, 0) is 31.2 Å². The number of H-pyrrole nitrogens is 1. The second kappa shape index (κ2) is 7.09. The van der Waals surface area contributed by atoms with Gasteiger partial charge < -0.3 is 15.6 Å². The molecule has 0 saturated heterocycles. The average Bonchev–Trinajstić information content (AvgIpc) is 3.23. The van der Waals surface area contributed by atoms with Crippen molar-refractivity contribution in [1.82, 2.24) is 24.8 Å². The summed E-state index contributed by atoms with van der Waals surface area (Å²) < 4.78 is 7.03. The lowest BCUT2D eigenvalue weighted by Gasteiger charge is -2.06. The Morgan fingerprint density at radius 2 is 2.04 bits per heavy atom. The lowest BCUT2D eigenvalue weighted by Crippen LogP contribution is -2.11. The minimum Gasteiger partial charge on any atom is -0.494 e. The highest BCUT2D eigenvalue weighted by Crippen LogP contribution is 2.26. The average molecular weight is 366 g/mol. The van der Waals surface area contributed by atoms with Gasteiger partial charge in [0.2, 0.25) is 5.16 Å². The molecule has 0 fully saturated rings. The van der Waals surface area contributed by atoms with Gasteiger partial charge in [-0.1, -0.05) is 36.0 Å². The molecule has 0 unspecified atom stereocenters. The third-order valence-electron chi connectivity index (χ3n) is 3.84. The van der Waals surface area contributed by atoms with Crippen LogP contribution in [0.5, 0.6) is 5.75 Å². The fraction of sp³-hybridized carbons (Fsp3) is 0.167. The molecule has 0 radical (unpaired) electrons. The van der Waals surface area contributed by atoms with E-state index in [9.17, 15) is 0 Å². The van der Waals surface area contributed by atoms with E-state index in [4.69, 9.17) is 10.6 Å². The molecule has 0 amide bonds. The summed E-state index contributed by atoms with van der Waals surface area (Å²) >= 11 is 1.48. The van der Waals surface area contributed by atoms with Crippen LogP contribution >= 0.6 is 11.8 Å². The van der Waals surface area contributed by atoms with Crippen LogP contribution < -0.4 is 10.6 Å². The summed E-state index contributed by atoms with van der Waals surface area (Å²) in [5.74, 6) is 9.08. The van der Waals surface area contributed by atoms with Crippen LogP contribution in [0.1, 0.15) is 12.7 Å². The zero-order chi connectivity index (χ0) is 17.9. The number of nitrogens with zero attached hydrogens (tertiary/aromatic N) is 4. The monoisotopic (exact) mass is 366 g/mol. The van der Waals surface area contributed by atoms with Gasteiger partial charge in [0.15, 0.2) is 5.82 Å². The minimum atomic E-state index is 0.596. The Morgan fingerprint density at radius 3 is 2.88 bits per heavy atom. The molecular weight excluding hydrogens is 348 g/mol. The Balaban J connectivity index is 1.52. The third-order valence-corrected chi connectivity index (χ3v) is 4.80. The van der Waals surface area contributed by atoms with Gasteiger partial charge in [-0.3, -0.25) is 0 Å². The van der Waals surface area contributed by atoms with E-state index in [2.05, 4.69) is 20.2 Å². The van der Waals surface area contributed by atoms with Crippen molar-refractivity contribution >= 4 is 22.8 Å². The van der Waals surface area contributed by atoms with Crippen LogP contribution in [0.3, 0.4) is 0 Å². The molecule has 0 aliphatic carbocycles. The lowest BCUT2D eigenvalue weighted by atomic mass is 10.2. The number of imidazole rings is 1. The first-order valence-electron chi connectivity index (χ1n) is 8.24. The standard InChI is InChI=1S/C18H18N6OS/c1-2-25-13-7-5-6-12(10-13)17-22-23-18(24(17)19)26-11-16-20-14-8-3-4-9-15(14)21-16/h3-10H,2,11,19H2,1H3,(H,20,21). The summed E-state index contributed by atoms with van der Waals surface area (Å²) in [5, 5.41) is 9.06. The number of aromatic amines is 1. The van der Waals surface area contributed by atoms with Crippen LogP contribution in [0.15, 0.2) is 53.7 Å². The number of nitrogens with two attached hydrogens (primary N) is 1. The summed E-state index contributed by atoms with van der Waals surface area (Å²) in [6.07, 6.45) is 0. The summed E-state index contributed by atoms with van der Waals surface area (Å²) in [5.41, 5.74) is 2.83. The second-order valence-electron chi connectivity index (χ2n) is 5.63. The number of nitrogen functional groups attached to an aromatic ring is 1. The van der Waals surface area contributed by atoms with E-state index >= 15 is 0 Å². The molecule has 132 valence electrons. The van der Waals surface area contributed by atoms with Crippen LogP contribution in [0, 0.1) is 0 Å². The van der Waals surface area contributed by atoms with Crippen LogP contribution in [-0.4, -0.2) is 31.4 Å². The van der Waals surface area contributed by atoms with E-state index in [1.54, 1.807) is 0 Å². The van der Waals surface area contributed by atoms with Gasteiger partial charge in [-0.2, -0.15) is 0 Å². The van der Waals surface area contributed by atoms with Crippen molar-refractivity contribution in [1.29, 1.82) is 0 Å². The lowest BCUT2D eigenvalue weighted by molar-refractivity contribution is 0.340. The molecule has 2 heterocycles. The number of ether oxygens (including phenoxy) is 1. The number of benzene rings is 2. The number of thioether (sulfide) groups is 1. The fourth-order valence-electron chi connectivity index (χ4n) is 2.67. The van der Waals surface area contributed by atoms with Crippen LogP contribution in [0.4, 0.5) is 0 Å². The number of para-hydroxylation sites is 2. The van der Waals surface area contributed by atoms with E-state index in [-0.39, 0.29) is 0 Å². The molecule has 0 bridgehead atoms. The van der Waals surface area contributed by atoms with Crippen molar-refractivity contribution in [2.75, 3.05) is 12.4 Å². The molecule has 26 heavy (non-hydrogen) atoms. The van der Waals surface area contributed by atoms with E-state index in [1.165, 1.54) is 16.4 Å². The first-order chi connectivity index (χ1) is 12.7. The molecule has 4 rings (SSSR count). The molecule has 4 aromatic rings. The van der Waals surface area contributed by atoms with Crippen molar-refractivity contribution in [2.24, 2.45) is 0 Å². The van der Waals surface area contributed by atoms with Crippen molar-refractivity contribution in [3.8, 4) is 17.1 Å².